The minimum Gasteiger partial charge on any atom is -0.368 e. The van der Waals surface area contributed by atoms with Crippen LogP contribution in [0.2, 0.25) is 0 Å². The van der Waals surface area contributed by atoms with Crippen molar-refractivity contribution >= 4 is 24.2 Å². The highest BCUT2D eigenvalue weighted by atomic mass is 35.5. The number of halogens is 1. The molecule has 3 atom stereocenters. The van der Waals surface area contributed by atoms with E-state index in [-0.39, 0.29) is 36.4 Å². The summed E-state index contributed by atoms with van der Waals surface area (Å²) in [6.07, 6.45) is 5.71. The van der Waals surface area contributed by atoms with E-state index in [9.17, 15) is 9.59 Å². The van der Waals surface area contributed by atoms with Crippen molar-refractivity contribution in [1.29, 1.82) is 0 Å². The predicted octanol–water partition coefficient (Wildman–Crippen LogP) is 0.694. The van der Waals surface area contributed by atoms with Crippen molar-refractivity contribution in [2.75, 3.05) is 32.8 Å². The highest BCUT2D eigenvalue weighted by molar-refractivity contribution is 5.85. The zero-order valence-corrected chi connectivity index (χ0v) is 14.4. The molecule has 2 N–H and O–H groups in total. The van der Waals surface area contributed by atoms with E-state index in [1.807, 2.05) is 4.90 Å². The van der Waals surface area contributed by atoms with Gasteiger partial charge in [-0.1, -0.05) is 0 Å². The van der Waals surface area contributed by atoms with Gasteiger partial charge in [0.05, 0.1) is 6.04 Å². The van der Waals surface area contributed by atoms with Crippen LogP contribution in [0, 0.1) is 5.92 Å². The molecule has 3 saturated heterocycles. The molecule has 23 heavy (non-hydrogen) atoms. The number of nitrogens with one attached hydrogen (secondary N) is 2. The Bertz CT molecular complexity index is 409. The second-order valence-corrected chi connectivity index (χ2v) is 6.69. The minimum absolute atomic E-state index is 0. The molecule has 0 aromatic heterocycles. The normalized spacial score (nSPS) is 30.8. The van der Waals surface area contributed by atoms with Crippen LogP contribution >= 0.6 is 12.4 Å². The van der Waals surface area contributed by atoms with Crippen LogP contribution in [0.3, 0.4) is 0 Å². The van der Waals surface area contributed by atoms with Crippen LogP contribution < -0.4 is 10.6 Å². The average Bonchev–Trinajstić information content (AvgIpc) is 3.25. The van der Waals surface area contributed by atoms with Crippen molar-refractivity contribution in [2.45, 2.75) is 50.7 Å². The fourth-order valence-electron chi connectivity index (χ4n) is 3.68. The van der Waals surface area contributed by atoms with Crippen LogP contribution in [-0.2, 0) is 14.3 Å². The van der Waals surface area contributed by atoms with Crippen LogP contribution in [0.5, 0.6) is 0 Å². The van der Waals surface area contributed by atoms with Crippen molar-refractivity contribution in [3.8, 4) is 0 Å². The Morgan fingerprint density at radius 3 is 2.74 bits per heavy atom. The number of ether oxygens (including phenoxy) is 1. The van der Waals surface area contributed by atoms with E-state index in [1.54, 1.807) is 0 Å². The van der Waals surface area contributed by atoms with E-state index in [2.05, 4.69) is 10.6 Å². The van der Waals surface area contributed by atoms with E-state index in [4.69, 9.17) is 4.74 Å². The Morgan fingerprint density at radius 2 is 2.04 bits per heavy atom. The van der Waals surface area contributed by atoms with Crippen molar-refractivity contribution in [3.05, 3.63) is 0 Å². The predicted molar refractivity (Wildman–Crippen MR) is 89.6 cm³/mol. The van der Waals surface area contributed by atoms with E-state index >= 15 is 0 Å². The van der Waals surface area contributed by atoms with Gasteiger partial charge in [-0.2, -0.15) is 0 Å². The van der Waals surface area contributed by atoms with Gasteiger partial charge in [0.15, 0.2) is 0 Å². The summed E-state index contributed by atoms with van der Waals surface area (Å²) in [7, 11) is 0. The lowest BCUT2D eigenvalue weighted by atomic mass is 9.97. The molecular formula is C16H28ClN3O3. The molecule has 0 spiro atoms. The third kappa shape index (κ3) is 4.81. The molecule has 2 amide bonds. The van der Waals surface area contributed by atoms with Crippen LogP contribution in [0.15, 0.2) is 0 Å². The van der Waals surface area contributed by atoms with Gasteiger partial charge in [-0.25, -0.2) is 0 Å². The Balaban J connectivity index is 0.00000192. The molecule has 3 aliphatic heterocycles. The summed E-state index contributed by atoms with van der Waals surface area (Å²) >= 11 is 0. The average molecular weight is 346 g/mol. The van der Waals surface area contributed by atoms with E-state index in [1.165, 1.54) is 0 Å². The zero-order valence-electron chi connectivity index (χ0n) is 13.6. The summed E-state index contributed by atoms with van der Waals surface area (Å²) in [5.41, 5.74) is 0. The molecule has 0 aromatic rings. The first-order chi connectivity index (χ1) is 10.7. The van der Waals surface area contributed by atoms with Crippen molar-refractivity contribution in [3.63, 3.8) is 0 Å². The van der Waals surface area contributed by atoms with Gasteiger partial charge in [-0.05, 0) is 51.0 Å². The number of likely N-dealkylation sites (tertiary alicyclic amines) is 1. The Hall–Kier alpha value is -0.850. The maximum Gasteiger partial charge on any atom is 0.251 e. The Kier molecular flexibility index (Phi) is 7.11. The van der Waals surface area contributed by atoms with Crippen LogP contribution in [0.1, 0.15) is 38.5 Å². The molecule has 0 bridgehead atoms. The van der Waals surface area contributed by atoms with Gasteiger partial charge in [0.25, 0.3) is 5.91 Å². The van der Waals surface area contributed by atoms with E-state index in [0.717, 1.165) is 58.2 Å². The first-order valence-electron chi connectivity index (χ1n) is 8.65. The van der Waals surface area contributed by atoms with Gasteiger partial charge < -0.3 is 20.3 Å². The second kappa shape index (κ2) is 8.85. The lowest BCUT2D eigenvalue weighted by Gasteiger charge is -2.34. The zero-order chi connectivity index (χ0) is 15.4. The number of amides is 2. The third-order valence-electron chi connectivity index (χ3n) is 4.98. The molecule has 0 aromatic carbocycles. The van der Waals surface area contributed by atoms with Crippen molar-refractivity contribution < 1.29 is 14.3 Å². The summed E-state index contributed by atoms with van der Waals surface area (Å²) in [5.74, 6) is 0.621. The standard InChI is InChI=1S/C16H27N3O3.ClH/c20-15(13-5-1-7-17-13)18-10-12-4-2-8-19(11-12)16(21)14-6-3-9-22-14;/h12-14,17H,1-11H2,(H,18,20);1H/t12?,13?,14-;/m1./s1. The molecule has 6 nitrogen and oxygen atoms in total. The Morgan fingerprint density at radius 1 is 1.17 bits per heavy atom. The number of carbonyl (C=O) groups is 2. The molecule has 132 valence electrons. The molecule has 0 saturated carbocycles. The first kappa shape index (κ1) is 18.5. The third-order valence-corrected chi connectivity index (χ3v) is 4.98. The van der Waals surface area contributed by atoms with Gasteiger partial charge in [0.2, 0.25) is 5.91 Å². The first-order valence-corrected chi connectivity index (χ1v) is 8.65. The second-order valence-electron chi connectivity index (χ2n) is 6.69. The van der Waals surface area contributed by atoms with Gasteiger partial charge in [0, 0.05) is 26.2 Å². The van der Waals surface area contributed by atoms with Crippen LogP contribution in [0.25, 0.3) is 0 Å². The van der Waals surface area contributed by atoms with Crippen LogP contribution in [0.4, 0.5) is 0 Å². The van der Waals surface area contributed by atoms with E-state index in [0.29, 0.717) is 19.1 Å². The SMILES string of the molecule is Cl.O=C(NCC1CCCN(C(=O)[C@H]2CCCO2)C1)C1CCCN1. The highest BCUT2D eigenvalue weighted by Crippen LogP contribution is 2.21. The fraction of sp³-hybridized carbons (Fsp3) is 0.875. The molecule has 3 fully saturated rings. The number of piperidine rings is 1. The summed E-state index contributed by atoms with van der Waals surface area (Å²) in [4.78, 5) is 26.4. The number of hydrogen-bond acceptors (Lipinski definition) is 4. The quantitative estimate of drug-likeness (QED) is 0.786. The molecule has 3 rings (SSSR count). The Labute approximate surface area is 144 Å². The van der Waals surface area contributed by atoms with Gasteiger partial charge in [-0.15, -0.1) is 12.4 Å². The summed E-state index contributed by atoms with van der Waals surface area (Å²) in [6, 6.07) is -0.0202. The maximum absolute atomic E-state index is 12.4. The topological polar surface area (TPSA) is 70.7 Å². The molecule has 3 aliphatic rings. The number of nitrogens with zero attached hydrogens (tertiary/aromatic N) is 1. The molecule has 0 aliphatic carbocycles. The summed E-state index contributed by atoms with van der Waals surface area (Å²) in [6.45, 7) is 3.89. The maximum atomic E-state index is 12.4. The molecule has 0 radical (unpaired) electrons. The van der Waals surface area contributed by atoms with Crippen molar-refractivity contribution in [1.82, 2.24) is 15.5 Å². The molecular weight excluding hydrogens is 318 g/mol. The lowest BCUT2D eigenvalue weighted by Crippen LogP contribution is -2.48. The van der Waals surface area contributed by atoms with Gasteiger partial charge >= 0.3 is 0 Å². The molecule has 7 heteroatoms. The molecule has 2 unspecified atom stereocenters. The van der Waals surface area contributed by atoms with Crippen molar-refractivity contribution in [2.24, 2.45) is 5.92 Å². The smallest absolute Gasteiger partial charge is 0.251 e. The lowest BCUT2D eigenvalue weighted by molar-refractivity contribution is -0.142. The highest BCUT2D eigenvalue weighted by Gasteiger charge is 2.31. The monoisotopic (exact) mass is 345 g/mol. The van der Waals surface area contributed by atoms with Crippen LogP contribution in [-0.4, -0.2) is 61.6 Å². The summed E-state index contributed by atoms with van der Waals surface area (Å²) < 4.78 is 5.50. The minimum atomic E-state index is -0.226. The molecule has 3 heterocycles. The number of rotatable bonds is 4. The summed E-state index contributed by atoms with van der Waals surface area (Å²) in [5, 5.41) is 6.27. The fourth-order valence-corrected chi connectivity index (χ4v) is 3.68. The van der Waals surface area contributed by atoms with E-state index < -0.39 is 0 Å². The largest absolute Gasteiger partial charge is 0.368 e. The van der Waals surface area contributed by atoms with Gasteiger partial charge in [-0.3, -0.25) is 9.59 Å². The van der Waals surface area contributed by atoms with Gasteiger partial charge in [0.1, 0.15) is 6.10 Å². The number of carbonyl (C=O) groups excluding carboxylic acids is 2. The number of hydrogen-bond donors (Lipinski definition) is 2.